The molecule has 0 saturated carbocycles. The van der Waals surface area contributed by atoms with Crippen LogP contribution in [-0.4, -0.2) is 42.5 Å². The van der Waals surface area contributed by atoms with Crippen molar-refractivity contribution in [3.63, 3.8) is 0 Å². The minimum absolute atomic E-state index is 0.0201. The summed E-state index contributed by atoms with van der Waals surface area (Å²) in [7, 11) is 0. The highest BCUT2D eigenvalue weighted by molar-refractivity contribution is 5.95. The number of nitrogens with zero attached hydrogens (tertiary/aromatic N) is 1. The van der Waals surface area contributed by atoms with Crippen molar-refractivity contribution >= 4 is 23.3 Å². The Morgan fingerprint density at radius 2 is 2.16 bits per heavy atom. The second-order valence-electron chi connectivity index (χ2n) is 5.28. The third-order valence-electron chi connectivity index (χ3n) is 3.36. The van der Waals surface area contributed by atoms with Gasteiger partial charge in [0, 0.05) is 6.42 Å². The van der Waals surface area contributed by atoms with Crippen LogP contribution in [0.3, 0.4) is 0 Å². The topological polar surface area (TPSA) is 166 Å². The maximum atomic E-state index is 12.1. The van der Waals surface area contributed by atoms with Crippen LogP contribution in [0, 0.1) is 10.1 Å². The van der Waals surface area contributed by atoms with E-state index in [9.17, 15) is 24.8 Å². The van der Waals surface area contributed by atoms with E-state index in [4.69, 9.17) is 4.74 Å². The van der Waals surface area contributed by atoms with Gasteiger partial charge in [-0.05, 0) is 19.1 Å². The number of ether oxygens (including phenoxy) is 1. The third-order valence-corrected chi connectivity index (χ3v) is 3.36. The van der Waals surface area contributed by atoms with Gasteiger partial charge >= 0.3 is 0 Å². The van der Waals surface area contributed by atoms with E-state index in [1.165, 1.54) is 23.5 Å². The summed E-state index contributed by atoms with van der Waals surface area (Å²) >= 11 is 0. The smallest absolute Gasteiger partial charge is 0.296 e. The maximum Gasteiger partial charge on any atom is 0.296 e. The van der Waals surface area contributed by atoms with E-state index in [2.05, 4.69) is 11.1 Å². The van der Waals surface area contributed by atoms with Crippen molar-refractivity contribution in [2.24, 2.45) is 0 Å². The zero-order chi connectivity index (χ0) is 18.8. The molecule has 0 aliphatic rings. The monoisotopic (exact) mass is 355 g/mol. The highest BCUT2D eigenvalue weighted by atomic mass is 16.6. The van der Waals surface area contributed by atoms with Gasteiger partial charge in [0.2, 0.25) is 5.91 Å². The predicted molar refractivity (Wildman–Crippen MR) is 85.5 cm³/mol. The number of carbonyl (C=O) groups is 2. The van der Waals surface area contributed by atoms with Gasteiger partial charge in [-0.2, -0.15) is 0 Å². The number of rotatable bonds is 11. The van der Waals surface area contributed by atoms with Crippen molar-refractivity contribution in [2.75, 3.05) is 25.0 Å². The Labute approximate surface area is 144 Å². The van der Waals surface area contributed by atoms with E-state index in [1.807, 2.05) is 0 Å². The molecule has 0 fully saturated rings. The minimum Gasteiger partial charge on any atom is -0.544 e. The van der Waals surface area contributed by atoms with E-state index >= 15 is 0 Å². The first-order valence-electron chi connectivity index (χ1n) is 7.93. The Bertz CT molecular complexity index is 622. The number of nitrogens with two attached hydrogens (primary N) is 1. The molecule has 10 heteroatoms. The standard InChI is InChI=1S/C15H22N4O6/c1-2-25-10-4-5-11(13(8-10)19(23)24)18-14(20)9-12(15(21)22)17-7-3-6-16/h4-5,8,12,17H,2-3,6-7,9,16H2,1H3,(H,18,20)(H,21,22)/p+1/t12-/m1/s1. The number of hydrogen-bond donors (Lipinski definition) is 3. The average molecular weight is 355 g/mol. The number of hydrogen-bond acceptors (Lipinski definition) is 6. The van der Waals surface area contributed by atoms with Crippen molar-refractivity contribution in [3.8, 4) is 5.75 Å². The molecule has 0 aliphatic heterocycles. The molecular weight excluding hydrogens is 332 g/mol. The predicted octanol–water partition coefficient (Wildman–Crippen LogP) is -2.36. The molecule has 6 N–H and O–H groups in total. The van der Waals surface area contributed by atoms with Crippen LogP contribution in [0.15, 0.2) is 18.2 Å². The number of nitro benzene ring substituents is 1. The molecule has 1 rings (SSSR count). The number of nitro groups is 1. The van der Waals surface area contributed by atoms with Crippen molar-refractivity contribution in [1.29, 1.82) is 0 Å². The van der Waals surface area contributed by atoms with Crippen LogP contribution in [0.1, 0.15) is 19.8 Å². The number of aliphatic carboxylic acids is 1. The molecule has 0 unspecified atom stereocenters. The van der Waals surface area contributed by atoms with Crippen molar-refractivity contribution in [1.82, 2.24) is 0 Å². The largest absolute Gasteiger partial charge is 0.544 e. The van der Waals surface area contributed by atoms with Gasteiger partial charge in [0.1, 0.15) is 17.5 Å². The second kappa shape index (κ2) is 10.2. The number of benzene rings is 1. The first-order valence-corrected chi connectivity index (χ1v) is 7.93. The molecule has 0 radical (unpaired) electrons. The third kappa shape index (κ3) is 6.73. The zero-order valence-corrected chi connectivity index (χ0v) is 14.0. The number of anilines is 1. The fourth-order valence-electron chi connectivity index (χ4n) is 2.15. The molecule has 1 atom stereocenters. The fourth-order valence-corrected chi connectivity index (χ4v) is 2.15. The van der Waals surface area contributed by atoms with Gasteiger partial charge in [-0.3, -0.25) is 14.9 Å². The second-order valence-corrected chi connectivity index (χ2v) is 5.28. The van der Waals surface area contributed by atoms with Gasteiger partial charge in [0.05, 0.1) is 43.1 Å². The van der Waals surface area contributed by atoms with E-state index in [1.54, 1.807) is 6.92 Å². The number of carbonyl (C=O) groups excluding carboxylic acids is 2. The van der Waals surface area contributed by atoms with Gasteiger partial charge < -0.3 is 31.0 Å². The highest BCUT2D eigenvalue weighted by Crippen LogP contribution is 2.29. The maximum absolute atomic E-state index is 12.1. The van der Waals surface area contributed by atoms with Crippen LogP contribution >= 0.6 is 0 Å². The molecule has 0 aliphatic carbocycles. The number of carboxylic acids is 1. The van der Waals surface area contributed by atoms with Gasteiger partial charge in [0.25, 0.3) is 5.69 Å². The summed E-state index contributed by atoms with van der Waals surface area (Å²) in [6.07, 6.45) is 0.347. The van der Waals surface area contributed by atoms with Crippen LogP contribution in [0.2, 0.25) is 0 Å². The minimum atomic E-state index is -1.36. The summed E-state index contributed by atoms with van der Waals surface area (Å²) in [5.74, 6) is -1.70. The normalized spacial score (nSPS) is 11.6. The zero-order valence-electron chi connectivity index (χ0n) is 14.0. The summed E-state index contributed by atoms with van der Waals surface area (Å²) in [6.45, 7) is 3.24. The number of carboxylic acid groups (broad SMARTS) is 1. The lowest BCUT2D eigenvalue weighted by Crippen LogP contribution is -2.93. The Morgan fingerprint density at radius 1 is 1.44 bits per heavy atom. The molecule has 25 heavy (non-hydrogen) atoms. The average Bonchev–Trinajstić information content (AvgIpc) is 2.55. The van der Waals surface area contributed by atoms with Crippen LogP contribution < -0.4 is 26.2 Å². The van der Waals surface area contributed by atoms with E-state index in [-0.39, 0.29) is 17.8 Å². The molecule has 0 bridgehead atoms. The molecule has 1 aromatic carbocycles. The van der Waals surface area contributed by atoms with Crippen molar-refractivity contribution < 1.29 is 35.4 Å². The Kier molecular flexibility index (Phi) is 8.30. The van der Waals surface area contributed by atoms with Crippen molar-refractivity contribution in [2.45, 2.75) is 25.8 Å². The Morgan fingerprint density at radius 3 is 2.72 bits per heavy atom. The lowest BCUT2D eigenvalue weighted by molar-refractivity contribution is -0.684. The Hall–Kier alpha value is -2.72. The molecule has 0 spiro atoms. The molecule has 10 nitrogen and oxygen atoms in total. The van der Waals surface area contributed by atoms with Crippen molar-refractivity contribution in [3.05, 3.63) is 28.3 Å². The summed E-state index contributed by atoms with van der Waals surface area (Å²) in [5, 5.41) is 26.1. The van der Waals surface area contributed by atoms with Gasteiger partial charge in [-0.15, -0.1) is 0 Å². The van der Waals surface area contributed by atoms with Crippen LogP contribution in [0.25, 0.3) is 0 Å². The van der Waals surface area contributed by atoms with Gasteiger partial charge in [0.15, 0.2) is 0 Å². The summed E-state index contributed by atoms with van der Waals surface area (Å²) in [6, 6.07) is 2.98. The molecule has 1 aromatic rings. The SMILES string of the molecule is CCOc1ccc(NC(=O)C[C@@H]([NH2+]CCC[NH3+])C(=O)[O-])c([N+](=O)[O-])c1. The van der Waals surface area contributed by atoms with Crippen LogP contribution in [0.4, 0.5) is 11.4 Å². The molecule has 1 amide bonds. The summed E-state index contributed by atoms with van der Waals surface area (Å²) in [4.78, 5) is 33.7. The van der Waals surface area contributed by atoms with Gasteiger partial charge in [-0.25, -0.2) is 0 Å². The van der Waals surface area contributed by atoms with E-state index in [0.717, 1.165) is 0 Å². The fraction of sp³-hybridized carbons (Fsp3) is 0.467. The molecule has 0 aromatic heterocycles. The Balaban J connectivity index is 2.80. The molecule has 0 heterocycles. The first-order chi connectivity index (χ1) is 11.9. The number of quaternary nitrogens is 2. The summed E-state index contributed by atoms with van der Waals surface area (Å²) in [5.41, 5.74) is 3.31. The quantitative estimate of drug-likeness (QED) is 0.228. The summed E-state index contributed by atoms with van der Waals surface area (Å²) < 4.78 is 5.19. The van der Waals surface area contributed by atoms with Gasteiger partial charge in [-0.1, -0.05) is 0 Å². The van der Waals surface area contributed by atoms with E-state index < -0.39 is 22.8 Å². The molecular formula is C15H23N4O6+. The van der Waals surface area contributed by atoms with Crippen LogP contribution in [-0.2, 0) is 9.59 Å². The van der Waals surface area contributed by atoms with E-state index in [0.29, 0.717) is 31.9 Å². The lowest BCUT2D eigenvalue weighted by Gasteiger charge is -2.16. The first kappa shape index (κ1) is 20.3. The molecule has 138 valence electrons. The number of nitrogens with one attached hydrogen (secondary N) is 1. The van der Waals surface area contributed by atoms with Crippen LogP contribution in [0.5, 0.6) is 5.75 Å². The number of amides is 1. The molecule has 0 saturated heterocycles. The lowest BCUT2D eigenvalue weighted by atomic mass is 10.1. The highest BCUT2D eigenvalue weighted by Gasteiger charge is 2.21.